The normalized spacial score (nSPS) is 14.9. The van der Waals surface area contributed by atoms with Crippen molar-refractivity contribution in [3.63, 3.8) is 0 Å². The molecule has 1 aliphatic heterocycles. The Bertz CT molecular complexity index is 898. The van der Waals surface area contributed by atoms with Crippen LogP contribution in [0.1, 0.15) is 30.1 Å². The van der Waals surface area contributed by atoms with E-state index in [0.29, 0.717) is 11.3 Å². The van der Waals surface area contributed by atoms with Gasteiger partial charge in [-0.25, -0.2) is 14.6 Å². The third-order valence-corrected chi connectivity index (χ3v) is 4.84. The predicted molar refractivity (Wildman–Crippen MR) is 104 cm³/mol. The summed E-state index contributed by atoms with van der Waals surface area (Å²) in [6.45, 7) is 4.23. The molecule has 3 aromatic rings. The number of benzene rings is 1. The molecule has 0 aliphatic carbocycles. The Kier molecular flexibility index (Phi) is 4.82. The number of carbonyl (C=O) groups excluding carboxylic acids is 1. The first-order valence-corrected chi connectivity index (χ1v) is 9.17. The Labute approximate surface area is 158 Å². The average molecular weight is 362 g/mol. The second-order valence-corrected chi connectivity index (χ2v) is 6.90. The van der Waals surface area contributed by atoms with E-state index in [2.05, 4.69) is 32.2 Å². The number of piperidine rings is 1. The summed E-state index contributed by atoms with van der Waals surface area (Å²) in [6, 6.07) is 9.15. The maximum absolute atomic E-state index is 12.6. The lowest BCUT2D eigenvalue weighted by atomic mass is 10.00. The van der Waals surface area contributed by atoms with Gasteiger partial charge in [-0.15, -0.1) is 0 Å². The number of aromatic nitrogens is 4. The number of nitrogens with one attached hydrogen (secondary N) is 1. The van der Waals surface area contributed by atoms with Gasteiger partial charge in [0.15, 0.2) is 0 Å². The zero-order valence-electron chi connectivity index (χ0n) is 15.2. The lowest BCUT2D eigenvalue weighted by Crippen LogP contribution is -2.34. The summed E-state index contributed by atoms with van der Waals surface area (Å²) in [4.78, 5) is 23.6. The minimum Gasteiger partial charge on any atom is -0.341 e. The molecule has 7 heteroatoms. The third-order valence-electron chi connectivity index (χ3n) is 4.84. The van der Waals surface area contributed by atoms with Crippen molar-refractivity contribution < 1.29 is 4.79 Å². The Morgan fingerprint density at radius 2 is 1.93 bits per heavy atom. The van der Waals surface area contributed by atoms with Crippen LogP contribution in [0.3, 0.4) is 0 Å². The highest BCUT2D eigenvalue weighted by Gasteiger charge is 2.18. The minimum atomic E-state index is -0.202. The Morgan fingerprint density at radius 1 is 1.15 bits per heavy atom. The topological polar surface area (TPSA) is 75.9 Å². The number of amides is 1. The second kappa shape index (κ2) is 7.57. The molecule has 0 radical (unpaired) electrons. The minimum absolute atomic E-state index is 0.202. The number of hydrogen-bond donors (Lipinski definition) is 1. The largest absolute Gasteiger partial charge is 0.341 e. The molecule has 0 saturated carbocycles. The SMILES string of the molecule is CC1CCN(c2ncc(NC(=O)c3cccc(-n4cccn4)c3)cn2)CC1. The predicted octanol–water partition coefficient (Wildman–Crippen LogP) is 3.15. The Hall–Kier alpha value is -3.22. The number of hydrogen-bond acceptors (Lipinski definition) is 5. The van der Waals surface area contributed by atoms with Crippen LogP contribution in [0.15, 0.2) is 55.1 Å². The van der Waals surface area contributed by atoms with Crippen LogP contribution >= 0.6 is 0 Å². The molecule has 0 bridgehead atoms. The van der Waals surface area contributed by atoms with Gasteiger partial charge < -0.3 is 10.2 Å². The molecule has 1 fully saturated rings. The van der Waals surface area contributed by atoms with Gasteiger partial charge in [0.25, 0.3) is 5.91 Å². The van der Waals surface area contributed by atoms with Gasteiger partial charge in [0.1, 0.15) is 0 Å². The van der Waals surface area contributed by atoms with Gasteiger partial charge in [-0.2, -0.15) is 5.10 Å². The molecule has 7 nitrogen and oxygen atoms in total. The fraction of sp³-hybridized carbons (Fsp3) is 0.300. The van der Waals surface area contributed by atoms with E-state index < -0.39 is 0 Å². The van der Waals surface area contributed by atoms with Crippen LogP contribution in [0.25, 0.3) is 5.69 Å². The van der Waals surface area contributed by atoms with Crippen molar-refractivity contribution in [1.82, 2.24) is 19.7 Å². The standard InChI is InChI=1S/C20H22N6O/c1-15-6-10-25(11-7-15)20-21-13-17(14-22-20)24-19(27)16-4-2-5-18(12-16)26-9-3-8-23-26/h2-5,8-9,12-15H,6-7,10-11H2,1H3,(H,24,27). The molecule has 0 atom stereocenters. The van der Waals surface area contributed by atoms with Crippen LogP contribution in [0.4, 0.5) is 11.6 Å². The quantitative estimate of drug-likeness (QED) is 0.772. The van der Waals surface area contributed by atoms with Gasteiger partial charge in [0.05, 0.1) is 23.8 Å². The summed E-state index contributed by atoms with van der Waals surface area (Å²) in [7, 11) is 0. The highest BCUT2D eigenvalue weighted by molar-refractivity contribution is 6.04. The average Bonchev–Trinajstić information content (AvgIpc) is 3.24. The lowest BCUT2D eigenvalue weighted by Gasteiger charge is -2.30. The molecule has 0 spiro atoms. The van der Waals surface area contributed by atoms with Gasteiger partial charge in [-0.05, 0) is 43.0 Å². The molecule has 138 valence electrons. The smallest absolute Gasteiger partial charge is 0.255 e. The van der Waals surface area contributed by atoms with Crippen molar-refractivity contribution in [2.75, 3.05) is 23.3 Å². The van der Waals surface area contributed by atoms with Crippen LogP contribution in [-0.4, -0.2) is 38.7 Å². The second-order valence-electron chi connectivity index (χ2n) is 6.90. The van der Waals surface area contributed by atoms with Crippen LogP contribution in [-0.2, 0) is 0 Å². The Balaban J connectivity index is 1.43. The monoisotopic (exact) mass is 362 g/mol. The van der Waals surface area contributed by atoms with E-state index in [9.17, 15) is 4.79 Å². The van der Waals surface area contributed by atoms with E-state index in [4.69, 9.17) is 0 Å². The fourth-order valence-electron chi connectivity index (χ4n) is 3.17. The molecule has 1 aliphatic rings. The summed E-state index contributed by atoms with van der Waals surface area (Å²) in [5.41, 5.74) is 1.97. The summed E-state index contributed by atoms with van der Waals surface area (Å²) in [6.07, 6.45) is 9.19. The first kappa shape index (κ1) is 17.2. The van der Waals surface area contributed by atoms with Crippen LogP contribution in [0.2, 0.25) is 0 Å². The van der Waals surface area contributed by atoms with Gasteiger partial charge >= 0.3 is 0 Å². The molecule has 4 rings (SSSR count). The van der Waals surface area contributed by atoms with Gasteiger partial charge in [0.2, 0.25) is 5.95 Å². The van der Waals surface area contributed by atoms with E-state index in [0.717, 1.165) is 43.5 Å². The van der Waals surface area contributed by atoms with E-state index in [1.54, 1.807) is 35.4 Å². The van der Waals surface area contributed by atoms with E-state index in [1.807, 2.05) is 24.4 Å². The molecule has 1 saturated heterocycles. The molecular formula is C20H22N6O. The van der Waals surface area contributed by atoms with E-state index >= 15 is 0 Å². The van der Waals surface area contributed by atoms with Crippen molar-refractivity contribution in [3.05, 3.63) is 60.7 Å². The van der Waals surface area contributed by atoms with Crippen molar-refractivity contribution >= 4 is 17.5 Å². The molecule has 1 N–H and O–H groups in total. The first-order chi connectivity index (χ1) is 13.2. The molecule has 1 amide bonds. The zero-order chi connectivity index (χ0) is 18.6. The summed E-state index contributed by atoms with van der Waals surface area (Å²) in [5, 5.41) is 7.05. The highest BCUT2D eigenvalue weighted by Crippen LogP contribution is 2.20. The summed E-state index contributed by atoms with van der Waals surface area (Å²) >= 11 is 0. The molecular weight excluding hydrogens is 340 g/mol. The number of rotatable bonds is 4. The van der Waals surface area contributed by atoms with Gasteiger partial charge in [0, 0.05) is 31.0 Å². The zero-order valence-corrected chi connectivity index (χ0v) is 15.2. The summed E-state index contributed by atoms with van der Waals surface area (Å²) in [5.74, 6) is 1.28. The van der Waals surface area contributed by atoms with E-state index in [1.165, 1.54) is 0 Å². The summed E-state index contributed by atoms with van der Waals surface area (Å²) < 4.78 is 1.72. The van der Waals surface area contributed by atoms with Gasteiger partial charge in [-0.1, -0.05) is 13.0 Å². The van der Waals surface area contributed by atoms with Crippen molar-refractivity contribution in [2.45, 2.75) is 19.8 Å². The number of anilines is 2. The van der Waals surface area contributed by atoms with Gasteiger partial charge in [-0.3, -0.25) is 4.79 Å². The molecule has 3 heterocycles. The third kappa shape index (κ3) is 3.97. The fourth-order valence-corrected chi connectivity index (χ4v) is 3.17. The van der Waals surface area contributed by atoms with Crippen LogP contribution in [0, 0.1) is 5.92 Å². The molecule has 1 aromatic carbocycles. The molecule has 27 heavy (non-hydrogen) atoms. The highest BCUT2D eigenvalue weighted by atomic mass is 16.1. The maximum Gasteiger partial charge on any atom is 0.255 e. The van der Waals surface area contributed by atoms with Crippen molar-refractivity contribution in [3.8, 4) is 5.69 Å². The van der Waals surface area contributed by atoms with Crippen LogP contribution < -0.4 is 10.2 Å². The maximum atomic E-state index is 12.6. The lowest BCUT2D eigenvalue weighted by molar-refractivity contribution is 0.102. The molecule has 2 aromatic heterocycles. The van der Waals surface area contributed by atoms with Crippen LogP contribution in [0.5, 0.6) is 0 Å². The Morgan fingerprint density at radius 3 is 2.63 bits per heavy atom. The van der Waals surface area contributed by atoms with Crippen molar-refractivity contribution in [2.24, 2.45) is 5.92 Å². The molecule has 0 unspecified atom stereocenters. The van der Waals surface area contributed by atoms with E-state index in [-0.39, 0.29) is 5.91 Å². The number of carbonyl (C=O) groups is 1. The number of nitrogens with zero attached hydrogens (tertiary/aromatic N) is 5. The van der Waals surface area contributed by atoms with Crippen molar-refractivity contribution in [1.29, 1.82) is 0 Å². The first-order valence-electron chi connectivity index (χ1n) is 9.17.